The Kier molecular flexibility index (Phi) is 5.72. The summed E-state index contributed by atoms with van der Waals surface area (Å²) in [5.41, 5.74) is 0.497. The van der Waals surface area contributed by atoms with Crippen molar-refractivity contribution in [3.63, 3.8) is 0 Å². The van der Waals surface area contributed by atoms with Crippen molar-refractivity contribution in [3.8, 4) is 0 Å². The number of rotatable bonds is 4. The van der Waals surface area contributed by atoms with E-state index in [1.165, 1.54) is 58.2 Å². The lowest BCUT2D eigenvalue weighted by Crippen LogP contribution is -2.62. The Morgan fingerprint density at radius 2 is 1.67 bits per heavy atom. The predicted molar refractivity (Wildman–Crippen MR) is 91.8 cm³/mol. The summed E-state index contributed by atoms with van der Waals surface area (Å²) in [6.07, 6.45) is 7.80. The molecule has 0 spiro atoms. The van der Waals surface area contributed by atoms with Gasteiger partial charge in [-0.2, -0.15) is 0 Å². The number of likely N-dealkylation sites (tertiary alicyclic amines) is 1. The van der Waals surface area contributed by atoms with Crippen LogP contribution in [0.4, 0.5) is 0 Å². The van der Waals surface area contributed by atoms with Crippen LogP contribution < -0.4 is 10.6 Å². The first-order valence-corrected chi connectivity index (χ1v) is 9.07. The largest absolute Gasteiger partial charge is 0.311 e. The van der Waals surface area contributed by atoms with Gasteiger partial charge in [-0.1, -0.05) is 6.92 Å². The molecule has 124 valence electrons. The van der Waals surface area contributed by atoms with Crippen LogP contribution >= 0.6 is 0 Å². The van der Waals surface area contributed by atoms with E-state index in [2.05, 4.69) is 50.2 Å². The Bertz CT molecular complexity index is 308. The molecule has 0 amide bonds. The molecule has 3 nitrogen and oxygen atoms in total. The van der Waals surface area contributed by atoms with Crippen LogP contribution in [0.1, 0.15) is 73.1 Å². The van der Waals surface area contributed by atoms with Gasteiger partial charge in [0, 0.05) is 23.2 Å². The summed E-state index contributed by atoms with van der Waals surface area (Å²) in [4.78, 5) is 2.65. The lowest BCUT2D eigenvalue weighted by Gasteiger charge is -2.47. The second kappa shape index (κ2) is 6.97. The molecule has 0 bridgehead atoms. The molecule has 0 aliphatic carbocycles. The third kappa shape index (κ3) is 5.54. The molecule has 21 heavy (non-hydrogen) atoms. The molecule has 3 heteroatoms. The molecule has 1 atom stereocenters. The first-order valence-electron chi connectivity index (χ1n) is 9.07. The Hall–Kier alpha value is -0.120. The Morgan fingerprint density at radius 1 is 1.00 bits per heavy atom. The van der Waals surface area contributed by atoms with Crippen molar-refractivity contribution in [3.05, 3.63) is 0 Å². The topological polar surface area (TPSA) is 27.3 Å². The van der Waals surface area contributed by atoms with Crippen molar-refractivity contribution >= 4 is 0 Å². The maximum absolute atomic E-state index is 4.01. The zero-order valence-corrected chi connectivity index (χ0v) is 15.0. The molecule has 2 aliphatic heterocycles. The minimum Gasteiger partial charge on any atom is -0.311 e. The van der Waals surface area contributed by atoms with Gasteiger partial charge in [0.15, 0.2) is 0 Å². The standard InChI is InChI=1S/C18H37N3/c1-6-10-21-11-7-8-15(9-12-21)19-16-13-17(2,3)20-18(4,5)14-16/h15-16,19-20H,6-14H2,1-5H3. The minimum atomic E-state index is 0.248. The van der Waals surface area contributed by atoms with Crippen LogP contribution in [0.5, 0.6) is 0 Å². The van der Waals surface area contributed by atoms with Crippen LogP contribution in [0.3, 0.4) is 0 Å². The molecule has 2 heterocycles. The van der Waals surface area contributed by atoms with E-state index in [1.807, 2.05) is 0 Å². The predicted octanol–water partition coefficient (Wildman–Crippen LogP) is 3.15. The van der Waals surface area contributed by atoms with Gasteiger partial charge in [-0.25, -0.2) is 0 Å². The van der Waals surface area contributed by atoms with Crippen LogP contribution in [0.2, 0.25) is 0 Å². The zero-order chi connectivity index (χ0) is 15.5. The summed E-state index contributed by atoms with van der Waals surface area (Å²) < 4.78 is 0. The quantitative estimate of drug-likeness (QED) is 0.834. The van der Waals surface area contributed by atoms with Gasteiger partial charge in [0.2, 0.25) is 0 Å². The van der Waals surface area contributed by atoms with E-state index in [1.54, 1.807) is 0 Å². The van der Waals surface area contributed by atoms with Crippen molar-refractivity contribution in [2.75, 3.05) is 19.6 Å². The molecule has 1 unspecified atom stereocenters. The lowest BCUT2D eigenvalue weighted by atomic mass is 9.79. The third-order valence-electron chi connectivity index (χ3n) is 5.02. The van der Waals surface area contributed by atoms with Crippen molar-refractivity contribution < 1.29 is 0 Å². The van der Waals surface area contributed by atoms with Gasteiger partial charge in [0.25, 0.3) is 0 Å². The van der Waals surface area contributed by atoms with Gasteiger partial charge in [0.05, 0.1) is 0 Å². The molecule has 0 saturated carbocycles. The van der Waals surface area contributed by atoms with Crippen molar-refractivity contribution in [2.45, 2.75) is 96.3 Å². The monoisotopic (exact) mass is 295 g/mol. The molecule has 0 radical (unpaired) electrons. The third-order valence-corrected chi connectivity index (χ3v) is 5.02. The average Bonchev–Trinajstić information content (AvgIpc) is 2.51. The maximum atomic E-state index is 4.01. The highest BCUT2D eigenvalue weighted by Crippen LogP contribution is 2.29. The first kappa shape index (κ1) is 17.2. The fourth-order valence-corrected chi connectivity index (χ4v) is 4.64. The average molecular weight is 296 g/mol. The summed E-state index contributed by atoms with van der Waals surface area (Å²) in [5, 5.41) is 7.79. The van der Waals surface area contributed by atoms with Crippen molar-refractivity contribution in [1.82, 2.24) is 15.5 Å². The molecule has 2 rings (SSSR count). The molecule has 2 aliphatic rings. The Labute approximate surface area is 132 Å². The van der Waals surface area contributed by atoms with Gasteiger partial charge in [-0.05, 0) is 85.9 Å². The van der Waals surface area contributed by atoms with E-state index in [0.717, 1.165) is 6.04 Å². The van der Waals surface area contributed by atoms with Crippen LogP contribution in [-0.2, 0) is 0 Å². The normalized spacial score (nSPS) is 31.0. The zero-order valence-electron chi connectivity index (χ0n) is 15.0. The first-order chi connectivity index (χ1) is 9.80. The number of hydrogen-bond donors (Lipinski definition) is 2. The van der Waals surface area contributed by atoms with Crippen LogP contribution in [0, 0.1) is 0 Å². The van der Waals surface area contributed by atoms with E-state index in [9.17, 15) is 0 Å². The fraction of sp³-hybridized carbons (Fsp3) is 1.00. The highest BCUT2D eigenvalue weighted by atomic mass is 15.1. The number of hydrogen-bond acceptors (Lipinski definition) is 3. The highest BCUT2D eigenvalue weighted by Gasteiger charge is 2.38. The van der Waals surface area contributed by atoms with Gasteiger partial charge in [0.1, 0.15) is 0 Å². The van der Waals surface area contributed by atoms with E-state index in [4.69, 9.17) is 0 Å². The second-order valence-corrected chi connectivity index (χ2v) is 8.63. The molecule has 2 saturated heterocycles. The van der Waals surface area contributed by atoms with Gasteiger partial charge < -0.3 is 15.5 Å². The maximum Gasteiger partial charge on any atom is 0.0144 e. The van der Waals surface area contributed by atoms with Crippen LogP contribution in [-0.4, -0.2) is 47.7 Å². The Balaban J connectivity index is 1.86. The number of nitrogens with zero attached hydrogens (tertiary/aromatic N) is 1. The van der Waals surface area contributed by atoms with Crippen molar-refractivity contribution in [2.24, 2.45) is 0 Å². The SMILES string of the molecule is CCCN1CCCC(NC2CC(C)(C)NC(C)(C)C2)CC1. The molecule has 2 fully saturated rings. The lowest BCUT2D eigenvalue weighted by molar-refractivity contribution is 0.137. The Morgan fingerprint density at radius 3 is 2.29 bits per heavy atom. The molecule has 0 aromatic heterocycles. The fourth-order valence-electron chi connectivity index (χ4n) is 4.64. The molecular weight excluding hydrogens is 258 g/mol. The molecular formula is C18H37N3. The smallest absolute Gasteiger partial charge is 0.0144 e. The highest BCUT2D eigenvalue weighted by molar-refractivity contribution is 5.00. The summed E-state index contributed by atoms with van der Waals surface area (Å²) >= 11 is 0. The second-order valence-electron chi connectivity index (χ2n) is 8.63. The van der Waals surface area contributed by atoms with Gasteiger partial charge in [-0.15, -0.1) is 0 Å². The van der Waals surface area contributed by atoms with E-state index in [0.29, 0.717) is 6.04 Å². The summed E-state index contributed by atoms with van der Waals surface area (Å²) in [6.45, 7) is 15.5. The molecule has 0 aromatic rings. The van der Waals surface area contributed by atoms with Gasteiger partial charge in [-0.3, -0.25) is 0 Å². The van der Waals surface area contributed by atoms with E-state index in [-0.39, 0.29) is 11.1 Å². The summed E-state index contributed by atoms with van der Waals surface area (Å²) in [7, 11) is 0. The van der Waals surface area contributed by atoms with Crippen LogP contribution in [0.15, 0.2) is 0 Å². The minimum absolute atomic E-state index is 0.248. The van der Waals surface area contributed by atoms with Crippen LogP contribution in [0.25, 0.3) is 0 Å². The summed E-state index contributed by atoms with van der Waals surface area (Å²) in [5.74, 6) is 0. The van der Waals surface area contributed by atoms with Gasteiger partial charge >= 0.3 is 0 Å². The number of nitrogens with one attached hydrogen (secondary N) is 2. The molecule has 2 N–H and O–H groups in total. The van der Waals surface area contributed by atoms with Crippen molar-refractivity contribution in [1.29, 1.82) is 0 Å². The molecule has 0 aromatic carbocycles. The van der Waals surface area contributed by atoms with E-state index >= 15 is 0 Å². The van der Waals surface area contributed by atoms with E-state index < -0.39 is 0 Å². The number of piperidine rings is 1. The summed E-state index contributed by atoms with van der Waals surface area (Å²) in [6, 6.07) is 1.39.